The topological polar surface area (TPSA) is 115 Å². The minimum absolute atomic E-state index is 0.0194. The molecule has 1 fully saturated rings. The molecule has 2 N–H and O–H groups in total. The van der Waals surface area contributed by atoms with Crippen LogP contribution in [0.3, 0.4) is 0 Å². The van der Waals surface area contributed by atoms with Crippen LogP contribution in [0.15, 0.2) is 72.8 Å². The van der Waals surface area contributed by atoms with Crippen molar-refractivity contribution in [1.29, 1.82) is 0 Å². The van der Waals surface area contributed by atoms with Crippen LogP contribution in [-0.2, 0) is 41.7 Å². The molecule has 2 amide bonds. The number of nitrogens with one attached hydrogen (secondary N) is 2. The van der Waals surface area contributed by atoms with E-state index in [2.05, 4.69) is 48.7 Å². The van der Waals surface area contributed by atoms with Crippen LogP contribution in [-0.4, -0.2) is 92.6 Å². The lowest BCUT2D eigenvalue weighted by atomic mass is 9.98. The summed E-state index contributed by atoms with van der Waals surface area (Å²) in [5.74, 6) is 0.0112. The Morgan fingerprint density at radius 3 is 2.46 bits per heavy atom. The first-order valence-electron chi connectivity index (χ1n) is 16.6. The second-order valence-corrected chi connectivity index (χ2v) is 13.2. The fraction of sp³-hybridized carbons (Fsp3) is 0.486. The molecule has 0 saturated carbocycles. The van der Waals surface area contributed by atoms with E-state index in [1.165, 1.54) is 7.11 Å². The molecule has 48 heavy (non-hydrogen) atoms. The summed E-state index contributed by atoms with van der Waals surface area (Å²) >= 11 is 1.60. The number of alkyl carbamates (subject to hydrolysis) is 1. The van der Waals surface area contributed by atoms with Crippen LogP contribution in [0.4, 0.5) is 4.79 Å². The van der Waals surface area contributed by atoms with Gasteiger partial charge in [-0.1, -0.05) is 93.1 Å². The van der Waals surface area contributed by atoms with E-state index in [4.69, 9.17) is 18.9 Å². The molecule has 1 aliphatic rings. The minimum Gasteiger partial charge on any atom is -0.467 e. The molecule has 0 aromatic heterocycles. The Kier molecular flexibility index (Phi) is 15.0. The van der Waals surface area contributed by atoms with Gasteiger partial charge < -0.3 is 29.6 Å². The van der Waals surface area contributed by atoms with Gasteiger partial charge >= 0.3 is 12.1 Å². The number of amides is 2. The molecule has 0 aliphatic carbocycles. The lowest BCUT2D eigenvalue weighted by Crippen LogP contribution is -2.51. The number of ether oxygens (including phenoxy) is 4. The van der Waals surface area contributed by atoms with Gasteiger partial charge in [-0.15, -0.1) is 0 Å². The SMILES string of the molecule is CC[C@H](C)[C@@H](CN(CC(=O)N[C@@H](CCSC)C(=O)OC)Cc1cccc2ccccc12)NC(=O)O[C@H]1COC[C@H]1OCc1ccccc1. The summed E-state index contributed by atoms with van der Waals surface area (Å²) < 4.78 is 22.5. The summed E-state index contributed by atoms with van der Waals surface area (Å²) in [5, 5.41) is 8.16. The van der Waals surface area contributed by atoms with E-state index in [-0.39, 0.29) is 37.1 Å². The second-order valence-electron chi connectivity index (χ2n) is 12.2. The van der Waals surface area contributed by atoms with Gasteiger partial charge in [0.2, 0.25) is 5.91 Å². The number of hydrogen-bond acceptors (Lipinski definition) is 9. The predicted octanol–water partition coefficient (Wildman–Crippen LogP) is 5.18. The fourth-order valence-corrected chi connectivity index (χ4v) is 6.21. The van der Waals surface area contributed by atoms with Crippen LogP contribution >= 0.6 is 11.8 Å². The highest BCUT2D eigenvalue weighted by molar-refractivity contribution is 7.98. The number of nitrogens with zero attached hydrogens (tertiary/aromatic N) is 1. The zero-order valence-electron chi connectivity index (χ0n) is 28.4. The lowest BCUT2D eigenvalue weighted by Gasteiger charge is -2.32. The molecule has 1 saturated heterocycles. The van der Waals surface area contributed by atoms with Crippen molar-refractivity contribution in [2.45, 2.75) is 64.1 Å². The highest BCUT2D eigenvalue weighted by atomic mass is 32.2. The molecular weight excluding hydrogens is 630 g/mol. The van der Waals surface area contributed by atoms with E-state index in [1.807, 2.05) is 59.7 Å². The van der Waals surface area contributed by atoms with Gasteiger partial charge in [0.15, 0.2) is 6.10 Å². The Labute approximate surface area is 288 Å². The molecule has 10 nitrogen and oxygen atoms in total. The maximum absolute atomic E-state index is 13.5. The Morgan fingerprint density at radius 2 is 1.71 bits per heavy atom. The monoisotopic (exact) mass is 679 g/mol. The Hall–Kier alpha value is -3.64. The Balaban J connectivity index is 1.47. The smallest absolute Gasteiger partial charge is 0.407 e. The number of hydrogen-bond donors (Lipinski definition) is 2. The van der Waals surface area contributed by atoms with Crippen LogP contribution in [0.1, 0.15) is 37.8 Å². The third-order valence-corrected chi connectivity index (χ3v) is 9.35. The van der Waals surface area contributed by atoms with Gasteiger partial charge in [-0.05, 0) is 46.2 Å². The third-order valence-electron chi connectivity index (χ3n) is 8.71. The summed E-state index contributed by atoms with van der Waals surface area (Å²) in [4.78, 5) is 41.3. The van der Waals surface area contributed by atoms with Gasteiger partial charge in [0, 0.05) is 19.1 Å². The summed E-state index contributed by atoms with van der Waals surface area (Å²) in [6.45, 7) is 5.99. The molecule has 4 rings (SSSR count). The van der Waals surface area contributed by atoms with Gasteiger partial charge in [-0.2, -0.15) is 11.8 Å². The third kappa shape index (κ3) is 11.2. The van der Waals surface area contributed by atoms with Crippen LogP contribution in [0.25, 0.3) is 10.8 Å². The average Bonchev–Trinajstić information content (AvgIpc) is 3.55. The summed E-state index contributed by atoms with van der Waals surface area (Å²) in [7, 11) is 1.32. The highest BCUT2D eigenvalue weighted by Gasteiger charge is 2.34. The van der Waals surface area contributed by atoms with Gasteiger partial charge in [-0.25, -0.2) is 9.59 Å². The van der Waals surface area contributed by atoms with E-state index in [0.29, 0.717) is 38.5 Å². The van der Waals surface area contributed by atoms with Crippen molar-refractivity contribution in [3.05, 3.63) is 83.9 Å². The number of methoxy groups -OCH3 is 1. The van der Waals surface area contributed by atoms with Crippen LogP contribution < -0.4 is 10.6 Å². The minimum atomic E-state index is -0.737. The molecule has 3 aromatic rings. The van der Waals surface area contributed by atoms with Crippen LogP contribution in [0.2, 0.25) is 0 Å². The molecule has 0 bridgehead atoms. The van der Waals surface area contributed by atoms with Crippen molar-refractivity contribution < 1.29 is 33.3 Å². The second kappa shape index (κ2) is 19.4. The number of rotatable bonds is 18. The number of fused-ring (bicyclic) bond motifs is 1. The largest absolute Gasteiger partial charge is 0.467 e. The standard InChI is InChI=1S/C37H49N3O7S/c1-5-26(2)32(39-37(43)47-34-25-45-24-33(34)46-23-27-12-7-6-8-13-27)21-40(20-29-16-11-15-28-14-9-10-17-30(28)29)22-35(41)38-31(18-19-48-4)36(42)44-3/h6-17,26,31-34H,5,18-25H2,1-4H3,(H,38,41)(H,39,43)/t26-,31-,32+,33+,34-/m0/s1. The molecule has 5 atom stereocenters. The Bertz CT molecular complexity index is 1450. The van der Waals surface area contributed by atoms with E-state index < -0.39 is 24.2 Å². The van der Waals surface area contributed by atoms with Crippen LogP contribution in [0, 0.1) is 5.92 Å². The lowest BCUT2D eigenvalue weighted by molar-refractivity contribution is -0.145. The van der Waals surface area contributed by atoms with Gasteiger partial charge in [-0.3, -0.25) is 9.69 Å². The summed E-state index contributed by atoms with van der Waals surface area (Å²) in [6.07, 6.45) is 1.74. The summed E-state index contributed by atoms with van der Waals surface area (Å²) in [5.41, 5.74) is 2.08. The molecule has 1 heterocycles. The van der Waals surface area contributed by atoms with Crippen molar-refractivity contribution >= 4 is 40.5 Å². The maximum Gasteiger partial charge on any atom is 0.407 e. The van der Waals surface area contributed by atoms with Crippen molar-refractivity contribution in [2.75, 3.05) is 45.4 Å². The number of carbonyl (C=O) groups is 3. The van der Waals surface area contributed by atoms with E-state index in [0.717, 1.165) is 28.3 Å². The van der Waals surface area contributed by atoms with E-state index >= 15 is 0 Å². The van der Waals surface area contributed by atoms with Crippen molar-refractivity contribution in [3.63, 3.8) is 0 Å². The van der Waals surface area contributed by atoms with Gasteiger partial charge in [0.25, 0.3) is 0 Å². The van der Waals surface area contributed by atoms with Crippen molar-refractivity contribution in [1.82, 2.24) is 15.5 Å². The van der Waals surface area contributed by atoms with Crippen molar-refractivity contribution in [2.24, 2.45) is 5.92 Å². The van der Waals surface area contributed by atoms with Crippen molar-refractivity contribution in [3.8, 4) is 0 Å². The first-order valence-corrected chi connectivity index (χ1v) is 18.0. The molecule has 1 aliphatic heterocycles. The zero-order valence-corrected chi connectivity index (χ0v) is 29.2. The molecule has 0 unspecified atom stereocenters. The number of carbonyl (C=O) groups excluding carboxylic acids is 3. The maximum atomic E-state index is 13.5. The van der Waals surface area contributed by atoms with E-state index in [9.17, 15) is 14.4 Å². The van der Waals surface area contributed by atoms with Gasteiger partial charge in [0.1, 0.15) is 12.1 Å². The molecule has 11 heteroatoms. The molecule has 260 valence electrons. The normalized spacial score (nSPS) is 17.9. The number of thioether (sulfide) groups is 1. The molecule has 3 aromatic carbocycles. The summed E-state index contributed by atoms with van der Waals surface area (Å²) in [6, 6.07) is 23.0. The average molecular weight is 680 g/mol. The number of esters is 1. The highest BCUT2D eigenvalue weighted by Crippen LogP contribution is 2.22. The van der Waals surface area contributed by atoms with Gasteiger partial charge in [0.05, 0.1) is 33.5 Å². The first kappa shape index (κ1) is 37.2. The predicted molar refractivity (Wildman–Crippen MR) is 189 cm³/mol. The number of benzene rings is 3. The van der Waals surface area contributed by atoms with Crippen LogP contribution in [0.5, 0.6) is 0 Å². The molecule has 0 radical (unpaired) electrons. The quantitative estimate of drug-likeness (QED) is 0.176. The van der Waals surface area contributed by atoms with E-state index in [1.54, 1.807) is 11.8 Å². The zero-order chi connectivity index (χ0) is 34.3. The molecular formula is C37H49N3O7S. The Morgan fingerprint density at radius 1 is 0.979 bits per heavy atom. The fourth-order valence-electron chi connectivity index (χ4n) is 5.74. The first-order chi connectivity index (χ1) is 23.3. The molecule has 0 spiro atoms.